The first kappa shape index (κ1) is 12.1. The van der Waals surface area contributed by atoms with Gasteiger partial charge in [0.25, 0.3) is 5.91 Å². The van der Waals surface area contributed by atoms with E-state index in [1.54, 1.807) is 0 Å². The number of amides is 1. The van der Waals surface area contributed by atoms with Crippen molar-refractivity contribution in [2.24, 2.45) is 0 Å². The number of nitrogens with one attached hydrogen (secondary N) is 1. The van der Waals surface area contributed by atoms with E-state index in [1.807, 2.05) is 11.8 Å². The highest BCUT2D eigenvalue weighted by Gasteiger charge is 2.25. The van der Waals surface area contributed by atoms with Gasteiger partial charge in [-0.25, -0.2) is 4.98 Å². The number of hydrogen-bond acceptors (Lipinski definition) is 3. The van der Waals surface area contributed by atoms with Crippen LogP contribution >= 0.6 is 0 Å². The van der Waals surface area contributed by atoms with Crippen molar-refractivity contribution in [2.45, 2.75) is 52.0 Å². The maximum atomic E-state index is 12.3. The van der Waals surface area contributed by atoms with E-state index < -0.39 is 0 Å². The lowest BCUT2D eigenvalue weighted by Gasteiger charge is -2.25. The number of carbonyl (C=O) groups is 1. The molecule has 0 bridgehead atoms. The molecule has 1 aliphatic heterocycles. The Morgan fingerprint density at radius 2 is 2.29 bits per heavy atom. The Kier molecular flexibility index (Phi) is 3.76. The van der Waals surface area contributed by atoms with Crippen LogP contribution in [0, 0.1) is 0 Å². The summed E-state index contributed by atoms with van der Waals surface area (Å²) in [6.45, 7) is 4.93. The maximum Gasteiger partial charge on any atom is 0.293 e. The molecule has 2 heterocycles. The quantitative estimate of drug-likeness (QED) is 0.851. The van der Waals surface area contributed by atoms with Gasteiger partial charge in [-0.2, -0.15) is 0 Å². The second-order valence-corrected chi connectivity index (χ2v) is 4.66. The van der Waals surface area contributed by atoms with Crippen molar-refractivity contribution in [3.05, 3.63) is 11.6 Å². The second-order valence-electron chi connectivity index (χ2n) is 4.66. The lowest BCUT2D eigenvalue weighted by Crippen LogP contribution is -2.38. The topological polar surface area (TPSA) is 61.9 Å². The molecule has 1 saturated heterocycles. The minimum Gasteiger partial charge on any atom is -0.333 e. The highest BCUT2D eigenvalue weighted by atomic mass is 16.2. The minimum absolute atomic E-state index is 0.0321. The Labute approximate surface area is 102 Å². The van der Waals surface area contributed by atoms with Gasteiger partial charge in [0.1, 0.15) is 5.82 Å². The molecule has 1 N–H and O–H groups in total. The third-order valence-corrected chi connectivity index (χ3v) is 3.37. The molecule has 1 atom stereocenters. The van der Waals surface area contributed by atoms with Crippen molar-refractivity contribution < 1.29 is 4.79 Å². The van der Waals surface area contributed by atoms with Crippen LogP contribution in [0.2, 0.25) is 0 Å². The van der Waals surface area contributed by atoms with Gasteiger partial charge in [-0.3, -0.25) is 9.89 Å². The summed E-state index contributed by atoms with van der Waals surface area (Å²) in [5.74, 6) is 1.06. The molecular weight excluding hydrogens is 216 g/mol. The highest BCUT2D eigenvalue weighted by Crippen LogP contribution is 2.17. The average molecular weight is 236 g/mol. The Morgan fingerprint density at radius 3 is 3.00 bits per heavy atom. The molecule has 5 nitrogen and oxygen atoms in total. The SMILES string of the molecule is CCc1nc(C(=O)N2CCCCCC2C)n[nH]1. The zero-order valence-electron chi connectivity index (χ0n) is 10.6. The highest BCUT2D eigenvalue weighted by molar-refractivity contribution is 5.90. The van der Waals surface area contributed by atoms with E-state index >= 15 is 0 Å². The van der Waals surface area contributed by atoms with Crippen molar-refractivity contribution in [2.75, 3.05) is 6.54 Å². The fourth-order valence-corrected chi connectivity index (χ4v) is 2.25. The lowest BCUT2D eigenvalue weighted by atomic mass is 10.1. The van der Waals surface area contributed by atoms with Gasteiger partial charge in [-0.15, -0.1) is 5.10 Å². The molecule has 1 fully saturated rings. The third-order valence-electron chi connectivity index (χ3n) is 3.37. The standard InChI is InChI=1S/C12H20N4O/c1-3-10-13-11(15-14-10)12(17)16-8-6-4-5-7-9(16)2/h9H,3-8H2,1-2H3,(H,13,14,15). The number of nitrogens with zero attached hydrogens (tertiary/aromatic N) is 3. The van der Waals surface area contributed by atoms with Crippen molar-refractivity contribution in [1.82, 2.24) is 20.1 Å². The Bertz CT molecular complexity index is 388. The molecule has 1 aliphatic rings. The Morgan fingerprint density at radius 1 is 1.47 bits per heavy atom. The molecule has 0 spiro atoms. The van der Waals surface area contributed by atoms with Crippen LogP contribution in [0.5, 0.6) is 0 Å². The number of aryl methyl sites for hydroxylation is 1. The van der Waals surface area contributed by atoms with Crippen molar-refractivity contribution >= 4 is 5.91 Å². The first-order valence-electron chi connectivity index (χ1n) is 6.44. The van der Waals surface area contributed by atoms with Gasteiger partial charge in [0.15, 0.2) is 0 Å². The van der Waals surface area contributed by atoms with Gasteiger partial charge >= 0.3 is 0 Å². The normalized spacial score (nSPS) is 21.3. The van der Waals surface area contributed by atoms with E-state index in [2.05, 4.69) is 22.1 Å². The number of aromatic amines is 1. The van der Waals surface area contributed by atoms with Crippen LogP contribution in [0.25, 0.3) is 0 Å². The number of hydrogen-bond donors (Lipinski definition) is 1. The van der Waals surface area contributed by atoms with Gasteiger partial charge in [-0.05, 0) is 19.8 Å². The molecule has 1 amide bonds. The van der Waals surface area contributed by atoms with E-state index in [1.165, 1.54) is 12.8 Å². The first-order valence-corrected chi connectivity index (χ1v) is 6.44. The summed E-state index contributed by atoms with van der Waals surface area (Å²) in [6, 6.07) is 0.300. The predicted octanol–water partition coefficient (Wildman–Crippen LogP) is 1.77. The van der Waals surface area contributed by atoms with Crippen LogP contribution in [-0.4, -0.2) is 38.6 Å². The van der Waals surface area contributed by atoms with Crippen LogP contribution in [0.4, 0.5) is 0 Å². The summed E-state index contributed by atoms with van der Waals surface area (Å²) in [4.78, 5) is 18.4. The number of aromatic nitrogens is 3. The summed E-state index contributed by atoms with van der Waals surface area (Å²) < 4.78 is 0. The number of rotatable bonds is 2. The molecule has 94 valence electrons. The van der Waals surface area contributed by atoms with Gasteiger partial charge < -0.3 is 4.90 Å². The van der Waals surface area contributed by atoms with Crippen molar-refractivity contribution in [3.63, 3.8) is 0 Å². The number of carbonyl (C=O) groups excluding carboxylic acids is 1. The fourth-order valence-electron chi connectivity index (χ4n) is 2.25. The summed E-state index contributed by atoms with van der Waals surface area (Å²) >= 11 is 0. The molecule has 17 heavy (non-hydrogen) atoms. The van der Waals surface area contributed by atoms with Crippen molar-refractivity contribution in [1.29, 1.82) is 0 Å². The van der Waals surface area contributed by atoms with E-state index in [0.29, 0.717) is 11.9 Å². The van der Waals surface area contributed by atoms with E-state index in [-0.39, 0.29) is 5.91 Å². The average Bonchev–Trinajstić information content (AvgIpc) is 2.71. The number of H-pyrrole nitrogens is 1. The summed E-state index contributed by atoms with van der Waals surface area (Å²) in [5, 5.41) is 6.80. The molecule has 0 aromatic carbocycles. The van der Waals surface area contributed by atoms with E-state index in [4.69, 9.17) is 0 Å². The van der Waals surface area contributed by atoms with E-state index in [0.717, 1.165) is 31.6 Å². The first-order chi connectivity index (χ1) is 8.22. The predicted molar refractivity (Wildman–Crippen MR) is 64.7 cm³/mol. The van der Waals surface area contributed by atoms with Crippen molar-refractivity contribution in [3.8, 4) is 0 Å². The summed E-state index contributed by atoms with van der Waals surface area (Å²) in [7, 11) is 0. The fraction of sp³-hybridized carbons (Fsp3) is 0.750. The molecule has 1 aromatic heterocycles. The third kappa shape index (κ3) is 2.65. The molecular formula is C12H20N4O. The molecule has 0 saturated carbocycles. The zero-order chi connectivity index (χ0) is 12.3. The van der Waals surface area contributed by atoms with Crippen LogP contribution in [0.1, 0.15) is 56.0 Å². The summed E-state index contributed by atoms with van der Waals surface area (Å²) in [6.07, 6.45) is 5.36. The van der Waals surface area contributed by atoms with Crippen LogP contribution in [-0.2, 0) is 6.42 Å². The van der Waals surface area contributed by atoms with Crippen LogP contribution in [0.15, 0.2) is 0 Å². The zero-order valence-corrected chi connectivity index (χ0v) is 10.6. The van der Waals surface area contributed by atoms with Crippen LogP contribution in [0.3, 0.4) is 0 Å². The largest absolute Gasteiger partial charge is 0.333 e. The maximum absolute atomic E-state index is 12.3. The van der Waals surface area contributed by atoms with Crippen LogP contribution < -0.4 is 0 Å². The summed E-state index contributed by atoms with van der Waals surface area (Å²) in [5.41, 5.74) is 0. The molecule has 1 aromatic rings. The van der Waals surface area contributed by atoms with Gasteiger partial charge in [0.2, 0.25) is 5.82 Å². The molecule has 1 unspecified atom stereocenters. The second kappa shape index (κ2) is 5.29. The monoisotopic (exact) mass is 236 g/mol. The molecule has 0 aliphatic carbocycles. The lowest BCUT2D eigenvalue weighted by molar-refractivity contribution is 0.0685. The molecule has 2 rings (SSSR count). The number of likely N-dealkylation sites (tertiary alicyclic amines) is 1. The Hall–Kier alpha value is -1.39. The van der Waals surface area contributed by atoms with Gasteiger partial charge in [0.05, 0.1) is 0 Å². The molecule has 0 radical (unpaired) electrons. The van der Waals surface area contributed by atoms with E-state index in [9.17, 15) is 4.79 Å². The van der Waals surface area contributed by atoms with Gasteiger partial charge in [0, 0.05) is 19.0 Å². The minimum atomic E-state index is -0.0321. The Balaban J connectivity index is 2.12. The molecule has 5 heteroatoms. The smallest absolute Gasteiger partial charge is 0.293 e. The van der Waals surface area contributed by atoms with Gasteiger partial charge in [-0.1, -0.05) is 19.8 Å².